The molecule has 40 heavy (non-hydrogen) atoms. The minimum Gasteiger partial charge on any atom is -0.358 e. The van der Waals surface area contributed by atoms with Gasteiger partial charge in [0.25, 0.3) is 0 Å². The summed E-state index contributed by atoms with van der Waals surface area (Å²) in [6.07, 6.45) is 0. The molecule has 1 aliphatic rings. The van der Waals surface area contributed by atoms with Crippen LogP contribution >= 0.6 is 0 Å². The van der Waals surface area contributed by atoms with Crippen molar-refractivity contribution < 1.29 is 49.6 Å². The Kier molecular flexibility index (Phi) is 6.13. The predicted octanol–water partition coefficient (Wildman–Crippen LogP) is -3.46. The van der Waals surface area contributed by atoms with Gasteiger partial charge >= 0.3 is 34.3 Å². The number of rotatable bonds is 11. The Morgan fingerprint density at radius 1 is 0.525 bits per heavy atom. The smallest absolute Gasteiger partial charge is 0.358 e. The zero-order valence-corrected chi connectivity index (χ0v) is 17.4. The molecule has 34 nitrogen and oxygen atoms in total. The molecule has 34 heteroatoms. The van der Waals surface area contributed by atoms with E-state index in [2.05, 4.69) is 5.10 Å². The molecular formula is C6N14O20. The summed E-state index contributed by atoms with van der Waals surface area (Å²) < 4.78 is 0. The highest BCUT2D eigenvalue weighted by Gasteiger charge is 3.23. The third kappa shape index (κ3) is 2.80. The quantitative estimate of drug-likeness (QED) is 0.138. The van der Waals surface area contributed by atoms with E-state index in [0.29, 0.717) is 0 Å². The summed E-state index contributed by atoms with van der Waals surface area (Å²) in [5, 5.41) is 108. The van der Waals surface area contributed by atoms with E-state index in [1.165, 1.54) is 0 Å². The predicted molar refractivity (Wildman–Crippen MR) is 97.7 cm³/mol. The second kappa shape index (κ2) is 8.44. The molecule has 0 saturated carbocycles. The van der Waals surface area contributed by atoms with Gasteiger partial charge in [-0.2, -0.15) is 0 Å². The molecule has 1 saturated heterocycles. The van der Waals surface area contributed by atoms with Crippen LogP contribution in [-0.2, 0) is 5.66 Å². The van der Waals surface area contributed by atoms with Gasteiger partial charge in [-0.05, 0) is 4.92 Å². The minimum atomic E-state index is -6.36. The summed E-state index contributed by atoms with van der Waals surface area (Å²) in [4.78, 5) is 97.1. The van der Waals surface area contributed by atoms with E-state index in [-0.39, 0.29) is 0 Å². The maximum atomic E-state index is 12.3. The van der Waals surface area contributed by atoms with E-state index in [1.807, 2.05) is 0 Å². The second-order valence-electron chi connectivity index (χ2n) is 6.48. The molecule has 0 spiro atoms. The van der Waals surface area contributed by atoms with Gasteiger partial charge in [0.1, 0.15) is 29.8 Å². The third-order valence-corrected chi connectivity index (χ3v) is 4.97. The van der Waals surface area contributed by atoms with E-state index in [0.717, 1.165) is 0 Å². The van der Waals surface area contributed by atoms with Gasteiger partial charge in [-0.1, -0.05) is 0 Å². The van der Waals surface area contributed by atoms with Crippen LogP contribution in [-0.4, -0.2) is 81.1 Å². The van der Waals surface area contributed by atoms with Gasteiger partial charge in [0.2, 0.25) is 0 Å². The van der Waals surface area contributed by atoms with Crippen LogP contribution in [0.25, 0.3) is 0 Å². The average Bonchev–Trinajstić information content (AvgIpc) is 3.31. The SMILES string of the molecule is O=[N+]([O-])c1c(C2([N+](=O)[O-])N([N+](=O)[O-])N([N+](=O)[O-])C([N+](=O)[O-])([N+](=O)[O-])C2([N+](=O)[O-])[N+](=O)[O-])nn([N+](=O)[O-])c1[N+](=O)[O-]. The lowest BCUT2D eigenvalue weighted by atomic mass is 9.86. The van der Waals surface area contributed by atoms with Crippen LogP contribution in [0.4, 0.5) is 11.5 Å². The number of aromatic nitrogens is 2. The number of hydrogen-bond donors (Lipinski definition) is 0. The lowest BCUT2D eigenvalue weighted by molar-refractivity contribution is -0.996. The number of nitro groups is 10. The standard InChI is InChI=1S/C6N14O20/c21-9(22)1-2(7-8(18(35)36)3(1)10(23)24)4(13(25)26)5(14(27)28,15(29)30)6(16(31)32,17(33)34)12(20(39)40)11(4)19(37)38. The summed E-state index contributed by atoms with van der Waals surface area (Å²) >= 11 is 0. The van der Waals surface area contributed by atoms with Gasteiger partial charge in [-0.15, -0.1) is 0 Å². The van der Waals surface area contributed by atoms with Gasteiger partial charge in [-0.3, -0.25) is 60.7 Å². The van der Waals surface area contributed by atoms with Crippen molar-refractivity contribution in [3.8, 4) is 0 Å². The molecule has 1 unspecified atom stereocenters. The zero-order valence-electron chi connectivity index (χ0n) is 17.4. The Hall–Kier alpha value is -7.19. The molecule has 214 valence electrons. The van der Waals surface area contributed by atoms with E-state index in [1.54, 1.807) is 0 Å². The minimum absolute atomic E-state index is 1.49. The number of hydrogen-bond acceptors (Lipinski definition) is 21. The molecule has 1 aliphatic heterocycles. The van der Waals surface area contributed by atoms with Crippen LogP contribution in [0.1, 0.15) is 5.69 Å². The van der Waals surface area contributed by atoms with E-state index in [9.17, 15) is 101 Å². The van der Waals surface area contributed by atoms with Crippen LogP contribution in [0.15, 0.2) is 0 Å². The lowest BCUT2D eigenvalue weighted by Crippen LogP contribution is -2.79. The third-order valence-electron chi connectivity index (χ3n) is 4.97. The van der Waals surface area contributed by atoms with E-state index in [4.69, 9.17) is 0 Å². The fourth-order valence-electron chi connectivity index (χ4n) is 3.80. The molecule has 1 fully saturated rings. The molecule has 1 atom stereocenters. The highest BCUT2D eigenvalue weighted by molar-refractivity contribution is 5.54. The summed E-state index contributed by atoms with van der Waals surface area (Å²) in [5.41, 5.74) is -18.5. The van der Waals surface area contributed by atoms with Crippen molar-refractivity contribution in [1.29, 1.82) is 0 Å². The summed E-state index contributed by atoms with van der Waals surface area (Å²) in [7, 11) is 0. The zero-order chi connectivity index (χ0) is 31.4. The van der Waals surface area contributed by atoms with Crippen molar-refractivity contribution >= 4 is 11.5 Å². The van der Waals surface area contributed by atoms with Crippen LogP contribution in [0.5, 0.6) is 0 Å². The van der Waals surface area contributed by atoms with Gasteiger partial charge in [0.05, 0.1) is 9.85 Å². The fourth-order valence-corrected chi connectivity index (χ4v) is 3.80. The Labute approximate surface area is 206 Å². The average molecular weight is 588 g/mol. The summed E-state index contributed by atoms with van der Waals surface area (Å²) in [5.74, 6) is -8.88. The number of nitrogens with zero attached hydrogens (tertiary/aromatic N) is 14. The Balaban J connectivity index is 3.73. The monoisotopic (exact) mass is 588 g/mol. The van der Waals surface area contributed by atoms with Gasteiger partial charge in [-0.25, -0.2) is 20.2 Å². The molecule has 0 aromatic carbocycles. The van der Waals surface area contributed by atoms with Crippen molar-refractivity contribution in [3.63, 3.8) is 0 Å². The molecule has 0 aliphatic carbocycles. The van der Waals surface area contributed by atoms with Gasteiger partial charge in [0.15, 0.2) is 25.1 Å². The molecule has 0 radical (unpaired) electrons. The summed E-state index contributed by atoms with van der Waals surface area (Å²) in [6.45, 7) is 0. The Morgan fingerprint density at radius 3 is 1.20 bits per heavy atom. The van der Waals surface area contributed by atoms with E-state index >= 15 is 0 Å². The van der Waals surface area contributed by atoms with Gasteiger partial charge < -0.3 is 20.2 Å². The first kappa shape index (κ1) is 29.0. The first-order valence-electron chi connectivity index (χ1n) is 8.36. The van der Waals surface area contributed by atoms with Crippen molar-refractivity contribution in [2.45, 2.75) is 17.1 Å². The van der Waals surface area contributed by atoms with Crippen LogP contribution in [0.3, 0.4) is 0 Å². The summed E-state index contributed by atoms with van der Waals surface area (Å²) in [6, 6.07) is 0. The van der Waals surface area contributed by atoms with Crippen molar-refractivity contribution in [2.75, 3.05) is 0 Å². The maximum absolute atomic E-state index is 12.3. The normalized spacial score (nSPS) is 18.9. The molecule has 0 bridgehead atoms. The Bertz CT molecular complexity index is 1450. The molecule has 0 N–H and O–H groups in total. The van der Waals surface area contributed by atoms with Crippen molar-refractivity contribution in [3.05, 3.63) is 107 Å². The topological polar surface area (TPSA) is 456 Å². The van der Waals surface area contributed by atoms with E-state index < -0.39 is 98.9 Å². The largest absolute Gasteiger partial charge is 0.768 e. The molecule has 2 rings (SSSR count). The van der Waals surface area contributed by atoms with Gasteiger partial charge in [0, 0.05) is 0 Å². The highest BCUT2D eigenvalue weighted by Crippen LogP contribution is 2.59. The van der Waals surface area contributed by atoms with Crippen LogP contribution in [0, 0.1) is 101 Å². The molecule has 0 amide bonds. The second-order valence-corrected chi connectivity index (χ2v) is 6.48. The lowest BCUT2D eigenvalue weighted by Gasteiger charge is -2.18. The fraction of sp³-hybridized carbons (Fsp3) is 0.500. The first-order valence-corrected chi connectivity index (χ1v) is 8.36. The molecular weight excluding hydrogens is 588 g/mol. The van der Waals surface area contributed by atoms with Crippen LogP contribution < -0.4 is 0 Å². The molecule has 2 heterocycles. The number of hydrazine groups is 3. The molecule has 1 aromatic heterocycles. The molecule has 1 aromatic rings. The first-order chi connectivity index (χ1) is 18.2. The van der Waals surface area contributed by atoms with Crippen LogP contribution in [0.2, 0.25) is 0 Å². The highest BCUT2D eigenvalue weighted by atomic mass is 16.8. The maximum Gasteiger partial charge on any atom is 0.768 e. The van der Waals surface area contributed by atoms with Crippen molar-refractivity contribution in [1.82, 2.24) is 20.1 Å². The van der Waals surface area contributed by atoms with Crippen molar-refractivity contribution in [2.24, 2.45) is 0 Å². The Morgan fingerprint density at radius 2 is 0.950 bits per heavy atom.